The third-order valence-electron chi connectivity index (χ3n) is 1.60. The second kappa shape index (κ2) is 2.23. The van der Waals surface area contributed by atoms with Crippen LogP contribution in [-0.2, 0) is 0 Å². The Kier molecular flexibility index (Phi) is 1.38. The molecule has 0 aliphatic carbocycles. The van der Waals surface area contributed by atoms with Gasteiger partial charge >= 0.3 is 0 Å². The Morgan fingerprint density at radius 2 is 2.50 bits per heavy atom. The van der Waals surface area contributed by atoms with E-state index in [2.05, 4.69) is 32.0 Å². The van der Waals surface area contributed by atoms with Crippen LogP contribution in [0, 0.1) is 0 Å². The zero-order valence-corrected chi connectivity index (χ0v) is 6.98. The predicted molar refractivity (Wildman–Crippen MR) is 43.2 cm³/mol. The number of H-pyrrole nitrogens is 1. The molecular weight excluding hydrogens is 192 g/mol. The highest BCUT2D eigenvalue weighted by Gasteiger charge is 1.98. The molecule has 0 saturated carbocycles. The molecule has 0 radical (unpaired) electrons. The normalized spacial score (nSPS) is 15.3. The molecule has 3 heteroatoms. The molecular formula is C7H7BrN2. The van der Waals surface area contributed by atoms with Gasteiger partial charge in [-0.25, -0.2) is 0 Å². The van der Waals surface area contributed by atoms with Gasteiger partial charge in [0.2, 0.25) is 0 Å². The van der Waals surface area contributed by atoms with Gasteiger partial charge in [-0.15, -0.1) is 0 Å². The van der Waals surface area contributed by atoms with Crippen LogP contribution in [-0.4, -0.2) is 11.5 Å². The first-order valence-corrected chi connectivity index (χ1v) is 4.05. The van der Waals surface area contributed by atoms with E-state index < -0.39 is 0 Å². The van der Waals surface area contributed by atoms with Crippen molar-refractivity contribution in [1.82, 2.24) is 4.98 Å². The summed E-state index contributed by atoms with van der Waals surface area (Å²) in [5.74, 6) is 0. The number of nitrogens with one attached hydrogen (secondary N) is 1. The van der Waals surface area contributed by atoms with E-state index >= 15 is 0 Å². The molecule has 52 valence electrons. The van der Waals surface area contributed by atoms with Crippen LogP contribution in [0.1, 0.15) is 6.42 Å². The van der Waals surface area contributed by atoms with Crippen LogP contribution in [0.3, 0.4) is 0 Å². The quantitative estimate of drug-likeness (QED) is 0.633. The summed E-state index contributed by atoms with van der Waals surface area (Å²) in [4.78, 5) is 7.38. The molecule has 2 nitrogen and oxygen atoms in total. The Balaban J connectivity index is 2.89. The average Bonchev–Trinajstić information content (AvgIpc) is 2.34. The molecule has 0 unspecified atom stereocenters. The van der Waals surface area contributed by atoms with E-state index in [1.807, 2.05) is 6.20 Å². The zero-order valence-electron chi connectivity index (χ0n) is 5.39. The van der Waals surface area contributed by atoms with Crippen LogP contribution >= 0.6 is 15.9 Å². The van der Waals surface area contributed by atoms with Crippen molar-refractivity contribution in [2.45, 2.75) is 6.42 Å². The highest BCUT2D eigenvalue weighted by Crippen LogP contribution is 1.98. The summed E-state index contributed by atoms with van der Waals surface area (Å²) >= 11 is 3.43. The second-order valence-corrected chi connectivity index (χ2v) is 3.13. The number of nitrogens with zero attached hydrogens (tertiary/aromatic N) is 1. The summed E-state index contributed by atoms with van der Waals surface area (Å²) < 4.78 is 1.12. The van der Waals surface area contributed by atoms with Crippen molar-refractivity contribution in [3.8, 4) is 0 Å². The van der Waals surface area contributed by atoms with Crippen molar-refractivity contribution in [3.63, 3.8) is 0 Å². The van der Waals surface area contributed by atoms with Crippen LogP contribution in [0.2, 0.25) is 0 Å². The van der Waals surface area contributed by atoms with Crippen molar-refractivity contribution >= 4 is 22.0 Å². The first-order valence-electron chi connectivity index (χ1n) is 3.25. The standard InChI is InChI=1S/C7H7BrN2/c8-6-4-10-7-5(6)2-1-3-9-7/h2,4H,1,3H2,(H,9,10). The molecule has 0 spiro atoms. The lowest BCUT2D eigenvalue weighted by Gasteiger charge is -1.92. The van der Waals surface area contributed by atoms with E-state index in [-0.39, 0.29) is 0 Å². The summed E-state index contributed by atoms with van der Waals surface area (Å²) in [6, 6.07) is 0. The number of hydrogen-bond acceptors (Lipinski definition) is 1. The van der Waals surface area contributed by atoms with Crippen LogP contribution in [0.4, 0.5) is 0 Å². The summed E-state index contributed by atoms with van der Waals surface area (Å²) in [7, 11) is 0. The van der Waals surface area contributed by atoms with Crippen LogP contribution < -0.4 is 10.7 Å². The Bertz CT molecular complexity index is 350. The number of aromatic amines is 1. The van der Waals surface area contributed by atoms with Gasteiger partial charge in [0.05, 0.1) is 0 Å². The molecule has 10 heavy (non-hydrogen) atoms. The lowest BCUT2D eigenvalue weighted by Crippen LogP contribution is -2.26. The van der Waals surface area contributed by atoms with E-state index in [1.165, 1.54) is 5.22 Å². The van der Waals surface area contributed by atoms with Crippen LogP contribution in [0.15, 0.2) is 15.7 Å². The number of rotatable bonds is 0. The van der Waals surface area contributed by atoms with E-state index in [9.17, 15) is 0 Å². The topological polar surface area (TPSA) is 28.1 Å². The van der Waals surface area contributed by atoms with Gasteiger partial charge in [-0.2, -0.15) is 0 Å². The van der Waals surface area contributed by atoms with Gasteiger partial charge in [0.1, 0.15) is 5.49 Å². The van der Waals surface area contributed by atoms with Crippen molar-refractivity contribution < 1.29 is 0 Å². The number of fused-ring (bicyclic) bond motifs is 1. The van der Waals surface area contributed by atoms with Gasteiger partial charge < -0.3 is 4.98 Å². The van der Waals surface area contributed by atoms with E-state index in [0.717, 1.165) is 22.9 Å². The lowest BCUT2D eigenvalue weighted by molar-refractivity contribution is 0.935. The summed E-state index contributed by atoms with van der Waals surface area (Å²) in [5, 5.41) is 1.21. The lowest BCUT2D eigenvalue weighted by atomic mass is 10.3. The van der Waals surface area contributed by atoms with Crippen LogP contribution in [0.5, 0.6) is 0 Å². The number of halogens is 1. The molecule has 0 amide bonds. The largest absolute Gasteiger partial charge is 0.345 e. The molecule has 0 fully saturated rings. The Morgan fingerprint density at radius 1 is 1.60 bits per heavy atom. The second-order valence-electron chi connectivity index (χ2n) is 2.27. The molecule has 1 aliphatic rings. The maximum Gasteiger partial charge on any atom is 0.133 e. The molecule has 0 bridgehead atoms. The van der Waals surface area contributed by atoms with Gasteiger partial charge in [-0.1, -0.05) is 6.08 Å². The van der Waals surface area contributed by atoms with Crippen molar-refractivity contribution in [2.75, 3.05) is 6.54 Å². The third-order valence-corrected chi connectivity index (χ3v) is 2.25. The molecule has 0 aromatic carbocycles. The minimum absolute atomic E-state index is 0.917. The molecule has 0 saturated heterocycles. The first kappa shape index (κ1) is 6.16. The smallest absolute Gasteiger partial charge is 0.133 e. The zero-order chi connectivity index (χ0) is 6.97. The fraction of sp³-hybridized carbons (Fsp3) is 0.286. The SMILES string of the molecule is Brc1c[nH]c2c1=CCCN=2. The molecule has 1 aromatic rings. The molecule has 1 aliphatic heterocycles. The molecule has 2 heterocycles. The Hall–Kier alpha value is -0.570. The van der Waals surface area contributed by atoms with E-state index in [1.54, 1.807) is 0 Å². The van der Waals surface area contributed by atoms with Crippen molar-refractivity contribution in [3.05, 3.63) is 21.4 Å². The van der Waals surface area contributed by atoms with Crippen molar-refractivity contribution in [2.24, 2.45) is 4.99 Å². The number of aromatic nitrogens is 1. The minimum Gasteiger partial charge on any atom is -0.345 e. The van der Waals surface area contributed by atoms with Gasteiger partial charge in [-0.3, -0.25) is 4.99 Å². The van der Waals surface area contributed by atoms with E-state index in [0.29, 0.717) is 0 Å². The first-order chi connectivity index (χ1) is 4.88. The average molecular weight is 199 g/mol. The fourth-order valence-corrected chi connectivity index (χ4v) is 1.57. The third kappa shape index (κ3) is 0.814. The fourth-order valence-electron chi connectivity index (χ4n) is 1.11. The molecule has 0 atom stereocenters. The van der Waals surface area contributed by atoms with Gasteiger partial charge in [-0.05, 0) is 22.4 Å². The minimum atomic E-state index is 0.917. The van der Waals surface area contributed by atoms with E-state index in [4.69, 9.17) is 0 Å². The van der Waals surface area contributed by atoms with Gasteiger partial charge in [0, 0.05) is 22.4 Å². The monoisotopic (exact) mass is 198 g/mol. The van der Waals surface area contributed by atoms with Gasteiger partial charge in [0.15, 0.2) is 0 Å². The van der Waals surface area contributed by atoms with Gasteiger partial charge in [0.25, 0.3) is 0 Å². The molecule has 1 N–H and O–H groups in total. The summed E-state index contributed by atoms with van der Waals surface area (Å²) in [6.45, 7) is 0.917. The number of hydrogen-bond donors (Lipinski definition) is 1. The highest BCUT2D eigenvalue weighted by atomic mass is 79.9. The summed E-state index contributed by atoms with van der Waals surface area (Å²) in [5.41, 5.74) is 1.01. The predicted octanol–water partition coefficient (Wildman–Crippen LogP) is 0.581. The van der Waals surface area contributed by atoms with Crippen LogP contribution in [0.25, 0.3) is 6.08 Å². The van der Waals surface area contributed by atoms with Crippen molar-refractivity contribution in [1.29, 1.82) is 0 Å². The molecule has 2 rings (SSSR count). The summed E-state index contributed by atoms with van der Waals surface area (Å²) in [6.07, 6.45) is 5.18. The molecule has 1 aromatic heterocycles. The Labute approximate surface area is 66.8 Å². The highest BCUT2D eigenvalue weighted by molar-refractivity contribution is 9.10. The maximum absolute atomic E-state index is 4.30. The Morgan fingerprint density at radius 3 is 3.30 bits per heavy atom. The maximum atomic E-state index is 4.30.